The van der Waals surface area contributed by atoms with Crippen molar-refractivity contribution < 1.29 is 0 Å². The first kappa shape index (κ1) is 11.3. The van der Waals surface area contributed by atoms with Crippen LogP contribution >= 0.6 is 0 Å². The summed E-state index contributed by atoms with van der Waals surface area (Å²) >= 11 is 0. The molecule has 1 N–H and O–H groups in total. The summed E-state index contributed by atoms with van der Waals surface area (Å²) in [6.07, 6.45) is 2.71. The smallest absolute Gasteiger partial charge is 0.224 e. The summed E-state index contributed by atoms with van der Waals surface area (Å²) in [6.45, 7) is 1.09. The van der Waals surface area contributed by atoms with Gasteiger partial charge in [-0.25, -0.2) is 4.98 Å². The molecule has 2 aromatic rings. The molecule has 0 saturated heterocycles. The molecule has 3 rings (SSSR count). The Morgan fingerprint density at radius 2 is 2.06 bits per heavy atom. The lowest BCUT2D eigenvalue weighted by molar-refractivity contribution is 0.779. The molecule has 1 aliphatic carbocycles. The normalized spacial score (nSPS) is 14.8. The molecular weight excluding hydrogens is 224 g/mol. The summed E-state index contributed by atoms with van der Waals surface area (Å²) in [7, 11) is 3.97. The Morgan fingerprint density at radius 3 is 2.78 bits per heavy atom. The van der Waals surface area contributed by atoms with Gasteiger partial charge in [-0.2, -0.15) is 4.98 Å². The molecule has 0 unspecified atom stereocenters. The van der Waals surface area contributed by atoms with Crippen molar-refractivity contribution in [2.24, 2.45) is 5.92 Å². The highest BCUT2D eigenvalue weighted by atomic mass is 15.2. The largest absolute Gasteiger partial charge is 0.359 e. The number of nitrogens with zero attached hydrogens (tertiary/aromatic N) is 3. The minimum absolute atomic E-state index is 0.686. The maximum atomic E-state index is 4.60. The highest BCUT2D eigenvalue weighted by Crippen LogP contribution is 2.32. The van der Waals surface area contributed by atoms with Crippen molar-refractivity contribution in [2.75, 3.05) is 30.9 Å². The number of benzene rings is 1. The molecule has 0 bridgehead atoms. The molecule has 94 valence electrons. The molecule has 0 spiro atoms. The average Bonchev–Trinajstić information content (AvgIpc) is 3.21. The fraction of sp³-hybridized carbons (Fsp3) is 0.429. The predicted molar refractivity (Wildman–Crippen MR) is 75.1 cm³/mol. The van der Waals surface area contributed by atoms with E-state index in [1.165, 1.54) is 12.8 Å². The number of aromatic nitrogens is 2. The molecule has 0 amide bonds. The van der Waals surface area contributed by atoms with Crippen LogP contribution in [0.4, 0.5) is 11.8 Å². The molecular formula is C14H18N4. The van der Waals surface area contributed by atoms with E-state index in [9.17, 15) is 0 Å². The van der Waals surface area contributed by atoms with E-state index >= 15 is 0 Å². The van der Waals surface area contributed by atoms with Gasteiger partial charge in [-0.15, -0.1) is 0 Å². The van der Waals surface area contributed by atoms with Crippen LogP contribution in [0, 0.1) is 5.92 Å². The second kappa shape index (κ2) is 4.44. The zero-order valence-corrected chi connectivity index (χ0v) is 10.8. The average molecular weight is 242 g/mol. The summed E-state index contributed by atoms with van der Waals surface area (Å²) in [5.41, 5.74) is 0.995. The van der Waals surface area contributed by atoms with E-state index in [4.69, 9.17) is 0 Å². The van der Waals surface area contributed by atoms with Gasteiger partial charge in [0, 0.05) is 26.0 Å². The van der Waals surface area contributed by atoms with Gasteiger partial charge in [0.1, 0.15) is 5.82 Å². The molecule has 0 atom stereocenters. The summed E-state index contributed by atoms with van der Waals surface area (Å²) in [5, 5.41) is 4.16. The third-order valence-electron chi connectivity index (χ3n) is 3.40. The van der Waals surface area contributed by atoms with Crippen molar-refractivity contribution in [3.8, 4) is 0 Å². The van der Waals surface area contributed by atoms with E-state index in [0.717, 1.165) is 29.2 Å². The number of rotatable bonds is 4. The third kappa shape index (κ3) is 2.10. The molecule has 1 fully saturated rings. The predicted octanol–water partition coefficient (Wildman–Crippen LogP) is 2.52. The van der Waals surface area contributed by atoms with Gasteiger partial charge >= 0.3 is 0 Å². The summed E-state index contributed by atoms with van der Waals surface area (Å²) in [5.74, 6) is 2.56. The number of hydrogen-bond donors (Lipinski definition) is 1. The maximum Gasteiger partial charge on any atom is 0.224 e. The maximum absolute atomic E-state index is 4.60. The van der Waals surface area contributed by atoms with Gasteiger partial charge in [-0.3, -0.25) is 0 Å². The first-order chi connectivity index (χ1) is 8.78. The summed E-state index contributed by atoms with van der Waals surface area (Å²) < 4.78 is 0. The summed E-state index contributed by atoms with van der Waals surface area (Å²) in [4.78, 5) is 11.3. The SMILES string of the molecule is CNc1nc(N(C)CC2CC2)c2ccccc2n1. The Hall–Kier alpha value is -1.84. The van der Waals surface area contributed by atoms with Gasteiger partial charge in [-0.05, 0) is 30.9 Å². The molecule has 0 radical (unpaired) electrons. The zero-order chi connectivity index (χ0) is 12.5. The lowest BCUT2D eigenvalue weighted by Gasteiger charge is -2.20. The zero-order valence-electron chi connectivity index (χ0n) is 10.8. The molecule has 1 aliphatic rings. The van der Waals surface area contributed by atoms with Crippen LogP contribution in [0.3, 0.4) is 0 Å². The first-order valence-corrected chi connectivity index (χ1v) is 6.43. The van der Waals surface area contributed by atoms with Crippen LogP contribution in [0.15, 0.2) is 24.3 Å². The van der Waals surface area contributed by atoms with E-state index in [1.54, 1.807) is 0 Å². The molecule has 4 heteroatoms. The van der Waals surface area contributed by atoms with E-state index in [1.807, 2.05) is 25.2 Å². The Bertz CT molecular complexity index is 563. The number of hydrogen-bond acceptors (Lipinski definition) is 4. The van der Waals surface area contributed by atoms with Gasteiger partial charge in [0.15, 0.2) is 0 Å². The van der Waals surface area contributed by atoms with Gasteiger partial charge in [-0.1, -0.05) is 12.1 Å². The molecule has 4 nitrogen and oxygen atoms in total. The van der Waals surface area contributed by atoms with Crippen LogP contribution in [-0.4, -0.2) is 30.6 Å². The number of para-hydroxylation sites is 1. The van der Waals surface area contributed by atoms with Gasteiger partial charge in [0.2, 0.25) is 5.95 Å². The molecule has 1 saturated carbocycles. The monoisotopic (exact) mass is 242 g/mol. The Morgan fingerprint density at radius 1 is 1.28 bits per heavy atom. The fourth-order valence-corrected chi connectivity index (χ4v) is 2.24. The molecule has 1 aromatic heterocycles. The Labute approximate surface area is 107 Å². The van der Waals surface area contributed by atoms with Crippen LogP contribution in [0.1, 0.15) is 12.8 Å². The topological polar surface area (TPSA) is 41.1 Å². The van der Waals surface area contributed by atoms with E-state index < -0.39 is 0 Å². The van der Waals surface area contributed by atoms with E-state index in [2.05, 4.69) is 33.3 Å². The lowest BCUT2D eigenvalue weighted by atomic mass is 10.2. The number of anilines is 2. The molecule has 18 heavy (non-hydrogen) atoms. The number of fused-ring (bicyclic) bond motifs is 1. The molecule has 1 heterocycles. The van der Waals surface area contributed by atoms with Crippen LogP contribution in [0.2, 0.25) is 0 Å². The first-order valence-electron chi connectivity index (χ1n) is 6.43. The van der Waals surface area contributed by atoms with Crippen molar-refractivity contribution >= 4 is 22.7 Å². The van der Waals surface area contributed by atoms with Crippen molar-refractivity contribution in [1.82, 2.24) is 9.97 Å². The minimum Gasteiger partial charge on any atom is -0.359 e. The number of nitrogens with one attached hydrogen (secondary N) is 1. The second-order valence-electron chi connectivity index (χ2n) is 4.96. The van der Waals surface area contributed by atoms with Crippen molar-refractivity contribution in [1.29, 1.82) is 0 Å². The third-order valence-corrected chi connectivity index (χ3v) is 3.40. The van der Waals surface area contributed by atoms with Crippen LogP contribution in [0.5, 0.6) is 0 Å². The Kier molecular flexibility index (Phi) is 2.78. The van der Waals surface area contributed by atoms with Crippen molar-refractivity contribution in [3.63, 3.8) is 0 Å². The molecule has 1 aromatic carbocycles. The van der Waals surface area contributed by atoms with Crippen LogP contribution < -0.4 is 10.2 Å². The van der Waals surface area contributed by atoms with Crippen LogP contribution in [-0.2, 0) is 0 Å². The standard InChI is InChI=1S/C14H18N4/c1-15-14-16-12-6-4-3-5-11(12)13(17-14)18(2)9-10-7-8-10/h3-6,10H,7-9H2,1-2H3,(H,15,16,17). The van der Waals surface area contributed by atoms with E-state index in [0.29, 0.717) is 5.95 Å². The van der Waals surface area contributed by atoms with Crippen LogP contribution in [0.25, 0.3) is 10.9 Å². The van der Waals surface area contributed by atoms with Crippen molar-refractivity contribution in [3.05, 3.63) is 24.3 Å². The van der Waals surface area contributed by atoms with Gasteiger partial charge < -0.3 is 10.2 Å². The van der Waals surface area contributed by atoms with Crippen molar-refractivity contribution in [2.45, 2.75) is 12.8 Å². The Balaban J connectivity index is 2.06. The quantitative estimate of drug-likeness (QED) is 0.894. The van der Waals surface area contributed by atoms with Gasteiger partial charge in [0.25, 0.3) is 0 Å². The molecule has 0 aliphatic heterocycles. The fourth-order valence-electron chi connectivity index (χ4n) is 2.24. The van der Waals surface area contributed by atoms with Gasteiger partial charge in [0.05, 0.1) is 5.52 Å². The second-order valence-corrected chi connectivity index (χ2v) is 4.96. The summed E-state index contributed by atoms with van der Waals surface area (Å²) in [6, 6.07) is 8.18. The highest BCUT2D eigenvalue weighted by molar-refractivity contribution is 5.90. The highest BCUT2D eigenvalue weighted by Gasteiger charge is 2.24. The van der Waals surface area contributed by atoms with E-state index in [-0.39, 0.29) is 0 Å². The lowest BCUT2D eigenvalue weighted by Crippen LogP contribution is -2.22. The minimum atomic E-state index is 0.686.